The predicted molar refractivity (Wildman–Crippen MR) is 120 cm³/mol. The summed E-state index contributed by atoms with van der Waals surface area (Å²) >= 11 is 5.99. The van der Waals surface area contributed by atoms with Crippen LogP contribution >= 0.6 is 11.6 Å². The highest BCUT2D eigenvalue weighted by Gasteiger charge is 2.37. The van der Waals surface area contributed by atoms with E-state index in [9.17, 15) is 22.8 Å². The van der Waals surface area contributed by atoms with Gasteiger partial charge in [0.2, 0.25) is 0 Å². The van der Waals surface area contributed by atoms with E-state index in [4.69, 9.17) is 16.7 Å². The molecule has 0 saturated heterocycles. The van der Waals surface area contributed by atoms with Crippen LogP contribution in [0.1, 0.15) is 34.0 Å². The minimum absolute atomic E-state index is 0.176. The van der Waals surface area contributed by atoms with E-state index < -0.39 is 34.7 Å². The molecule has 0 fully saturated rings. The summed E-state index contributed by atoms with van der Waals surface area (Å²) in [6, 6.07) is 18.1. The SMILES string of the molecule is CCN(Cc1ccccc1-c1cc(Cl)c(C(F)(F)F)c(CC(=O)O)c1)C(=O)c1ccccc1. The van der Waals surface area contributed by atoms with Gasteiger partial charge in [0, 0.05) is 18.7 Å². The molecule has 0 aliphatic carbocycles. The largest absolute Gasteiger partial charge is 0.481 e. The molecule has 4 nitrogen and oxygen atoms in total. The van der Waals surface area contributed by atoms with Gasteiger partial charge in [-0.25, -0.2) is 0 Å². The number of nitrogens with zero attached hydrogens (tertiary/aromatic N) is 1. The third kappa shape index (κ3) is 5.73. The average Bonchev–Trinajstić information content (AvgIpc) is 2.76. The van der Waals surface area contributed by atoms with Gasteiger partial charge in [0.15, 0.2) is 0 Å². The lowest BCUT2D eigenvalue weighted by Gasteiger charge is -2.23. The third-order valence-corrected chi connectivity index (χ3v) is 5.47. The molecule has 0 saturated carbocycles. The van der Waals surface area contributed by atoms with Gasteiger partial charge in [-0.1, -0.05) is 54.1 Å². The summed E-state index contributed by atoms with van der Waals surface area (Å²) < 4.78 is 40.6. The van der Waals surface area contributed by atoms with Crippen LogP contribution in [0.25, 0.3) is 11.1 Å². The summed E-state index contributed by atoms with van der Waals surface area (Å²) in [6.45, 7) is 2.47. The Morgan fingerprint density at radius 1 is 0.970 bits per heavy atom. The van der Waals surface area contributed by atoms with Gasteiger partial charge in [-0.15, -0.1) is 0 Å². The van der Waals surface area contributed by atoms with E-state index in [0.717, 1.165) is 0 Å². The van der Waals surface area contributed by atoms with Crippen LogP contribution < -0.4 is 0 Å². The number of benzene rings is 3. The van der Waals surface area contributed by atoms with Crippen LogP contribution in [0.2, 0.25) is 5.02 Å². The van der Waals surface area contributed by atoms with E-state index in [1.165, 1.54) is 12.1 Å². The molecule has 0 unspecified atom stereocenters. The van der Waals surface area contributed by atoms with Crippen LogP contribution in [0.3, 0.4) is 0 Å². The molecule has 3 aromatic rings. The van der Waals surface area contributed by atoms with E-state index in [0.29, 0.717) is 28.8 Å². The molecule has 0 aliphatic heterocycles. The van der Waals surface area contributed by atoms with Crippen molar-refractivity contribution in [2.45, 2.75) is 26.1 Å². The highest BCUT2D eigenvalue weighted by Crippen LogP contribution is 2.40. The fraction of sp³-hybridized carbons (Fsp3) is 0.200. The zero-order chi connectivity index (χ0) is 24.2. The maximum atomic E-state index is 13.5. The Morgan fingerprint density at radius 2 is 1.61 bits per heavy atom. The zero-order valence-corrected chi connectivity index (χ0v) is 18.5. The Kier molecular flexibility index (Phi) is 7.43. The Morgan fingerprint density at radius 3 is 2.21 bits per heavy atom. The molecule has 0 spiro atoms. The van der Waals surface area contributed by atoms with Gasteiger partial charge in [0.25, 0.3) is 5.91 Å². The molecule has 1 amide bonds. The molecule has 172 valence electrons. The number of hydrogen-bond acceptors (Lipinski definition) is 2. The molecule has 1 N–H and O–H groups in total. The molecule has 0 bridgehead atoms. The lowest BCUT2D eigenvalue weighted by Crippen LogP contribution is -2.30. The number of rotatable bonds is 7. The van der Waals surface area contributed by atoms with E-state index in [2.05, 4.69) is 0 Å². The quantitative estimate of drug-likeness (QED) is 0.435. The molecule has 33 heavy (non-hydrogen) atoms. The number of halogens is 4. The number of carbonyl (C=O) groups is 2. The number of carboxylic acids is 1. The first-order valence-electron chi connectivity index (χ1n) is 10.2. The minimum atomic E-state index is -4.79. The molecule has 0 aliphatic rings. The van der Waals surface area contributed by atoms with E-state index in [1.807, 2.05) is 13.0 Å². The number of aliphatic carboxylic acids is 1. The van der Waals surface area contributed by atoms with Crippen molar-refractivity contribution in [2.24, 2.45) is 0 Å². The standard InChI is InChI=1S/C25H21ClF3NO3/c1-2-30(24(33)16-8-4-3-5-9-16)15-17-10-6-7-11-20(17)18-12-19(14-22(31)32)23(21(26)13-18)25(27,28)29/h3-13H,2,14-15H2,1H3,(H,31,32). The first-order valence-corrected chi connectivity index (χ1v) is 10.5. The van der Waals surface area contributed by atoms with Gasteiger partial charge in [0.05, 0.1) is 17.0 Å². The number of amides is 1. The lowest BCUT2D eigenvalue weighted by molar-refractivity contribution is -0.139. The topological polar surface area (TPSA) is 57.6 Å². The summed E-state index contributed by atoms with van der Waals surface area (Å²) in [4.78, 5) is 25.8. The van der Waals surface area contributed by atoms with Crippen LogP contribution in [0, 0.1) is 0 Å². The summed E-state index contributed by atoms with van der Waals surface area (Å²) in [5.74, 6) is -1.57. The van der Waals surface area contributed by atoms with Gasteiger partial charge >= 0.3 is 12.1 Å². The van der Waals surface area contributed by atoms with Gasteiger partial charge in [0.1, 0.15) is 0 Å². The zero-order valence-electron chi connectivity index (χ0n) is 17.7. The summed E-state index contributed by atoms with van der Waals surface area (Å²) in [6.07, 6.45) is -5.61. The second-order valence-electron chi connectivity index (χ2n) is 7.40. The molecule has 0 radical (unpaired) electrons. The summed E-state index contributed by atoms with van der Waals surface area (Å²) in [5, 5.41) is 8.56. The number of carbonyl (C=O) groups excluding carboxylic acids is 1. The Labute approximate surface area is 194 Å². The van der Waals surface area contributed by atoms with Crippen molar-refractivity contribution in [3.63, 3.8) is 0 Å². The van der Waals surface area contributed by atoms with Gasteiger partial charge in [-0.2, -0.15) is 13.2 Å². The first-order chi connectivity index (χ1) is 15.6. The fourth-order valence-corrected chi connectivity index (χ4v) is 4.02. The molecule has 0 aromatic heterocycles. The van der Waals surface area contributed by atoms with E-state index in [-0.39, 0.29) is 12.5 Å². The Balaban J connectivity index is 2.04. The van der Waals surface area contributed by atoms with Gasteiger partial charge < -0.3 is 10.0 Å². The lowest BCUT2D eigenvalue weighted by atomic mass is 9.94. The van der Waals surface area contributed by atoms with Crippen molar-refractivity contribution < 1.29 is 27.9 Å². The number of hydrogen-bond donors (Lipinski definition) is 1. The Bertz CT molecular complexity index is 1160. The van der Waals surface area contributed by atoms with Crippen molar-refractivity contribution in [2.75, 3.05) is 6.54 Å². The third-order valence-electron chi connectivity index (χ3n) is 5.18. The maximum absolute atomic E-state index is 13.5. The first kappa shape index (κ1) is 24.3. The van der Waals surface area contributed by atoms with E-state index in [1.54, 1.807) is 53.4 Å². The minimum Gasteiger partial charge on any atom is -0.481 e. The molecular weight excluding hydrogens is 455 g/mol. The average molecular weight is 476 g/mol. The fourth-order valence-electron chi connectivity index (χ4n) is 3.67. The molecule has 3 rings (SSSR count). The molecule has 3 aromatic carbocycles. The monoisotopic (exact) mass is 475 g/mol. The van der Waals surface area contributed by atoms with E-state index >= 15 is 0 Å². The summed E-state index contributed by atoms with van der Waals surface area (Å²) in [5.41, 5.74) is 0.572. The highest BCUT2D eigenvalue weighted by atomic mass is 35.5. The van der Waals surface area contributed by atoms with Crippen molar-refractivity contribution >= 4 is 23.5 Å². The van der Waals surface area contributed by atoms with Crippen molar-refractivity contribution in [1.82, 2.24) is 4.90 Å². The number of alkyl halides is 3. The molecule has 8 heteroatoms. The van der Waals surface area contributed by atoms with Gasteiger partial charge in [-0.3, -0.25) is 9.59 Å². The normalized spacial score (nSPS) is 11.3. The number of carboxylic acid groups (broad SMARTS) is 1. The van der Waals surface area contributed by atoms with Crippen molar-refractivity contribution in [3.05, 3.63) is 94.0 Å². The van der Waals surface area contributed by atoms with Crippen LogP contribution in [0.15, 0.2) is 66.7 Å². The molecule has 0 atom stereocenters. The van der Waals surface area contributed by atoms with Gasteiger partial charge in [-0.05, 0) is 53.4 Å². The van der Waals surface area contributed by atoms with Crippen molar-refractivity contribution in [3.8, 4) is 11.1 Å². The maximum Gasteiger partial charge on any atom is 0.418 e. The Hall–Kier alpha value is -3.32. The summed E-state index contributed by atoms with van der Waals surface area (Å²) in [7, 11) is 0. The van der Waals surface area contributed by atoms with Crippen LogP contribution in [-0.2, 0) is 23.9 Å². The predicted octanol–water partition coefficient (Wildman–Crippen LogP) is 6.32. The van der Waals surface area contributed by atoms with Crippen LogP contribution in [-0.4, -0.2) is 28.4 Å². The van der Waals surface area contributed by atoms with Crippen molar-refractivity contribution in [1.29, 1.82) is 0 Å². The second-order valence-corrected chi connectivity index (χ2v) is 7.81. The molecular formula is C25H21ClF3NO3. The second kappa shape index (κ2) is 10.1. The van der Waals surface area contributed by atoms with Crippen LogP contribution in [0.4, 0.5) is 13.2 Å². The smallest absolute Gasteiger partial charge is 0.418 e. The van der Waals surface area contributed by atoms with Crippen LogP contribution in [0.5, 0.6) is 0 Å². The molecule has 0 heterocycles. The highest BCUT2D eigenvalue weighted by molar-refractivity contribution is 6.32.